The zero-order valence-electron chi connectivity index (χ0n) is 17.0. The number of nitrogens with one attached hydrogen (secondary N) is 1. The molecule has 0 aliphatic heterocycles. The van der Waals surface area contributed by atoms with Gasteiger partial charge in [0, 0.05) is 29.4 Å². The van der Waals surface area contributed by atoms with Crippen LogP contribution in [0.2, 0.25) is 5.02 Å². The van der Waals surface area contributed by atoms with Gasteiger partial charge in [-0.1, -0.05) is 50.6 Å². The smallest absolute Gasteiger partial charge is 0.275 e. The number of nitrogens with zero attached hydrogens (tertiary/aromatic N) is 3. The topological polar surface area (TPSA) is 51.9 Å². The number of para-hydroxylation sites is 1. The number of fused-ring (bicyclic) bond motifs is 1. The molecule has 1 aromatic carbocycles. The lowest BCUT2D eigenvalue weighted by Gasteiger charge is -2.23. The first kappa shape index (κ1) is 19.5. The number of amides is 1. The van der Waals surface area contributed by atoms with Crippen LogP contribution in [-0.4, -0.2) is 20.3 Å². The second kappa shape index (κ2) is 6.41. The number of carbonyl (C=O) groups is 1. The summed E-state index contributed by atoms with van der Waals surface area (Å²) >= 11 is 6.53. The number of anilines is 1. The van der Waals surface area contributed by atoms with E-state index in [9.17, 15) is 4.79 Å². The van der Waals surface area contributed by atoms with Gasteiger partial charge in [0.1, 0.15) is 11.5 Å². The predicted molar refractivity (Wildman–Crippen MR) is 112 cm³/mol. The molecular formula is C21H27ClN4O. The highest BCUT2D eigenvalue weighted by molar-refractivity contribution is 6.39. The Bertz CT molecular complexity index is 976. The van der Waals surface area contributed by atoms with Crippen molar-refractivity contribution in [3.63, 3.8) is 0 Å². The number of halogens is 1. The van der Waals surface area contributed by atoms with Crippen LogP contribution in [0.4, 0.5) is 5.82 Å². The number of carbonyl (C=O) groups excluding carboxylic acids is 1. The van der Waals surface area contributed by atoms with E-state index in [0.717, 1.165) is 16.6 Å². The van der Waals surface area contributed by atoms with Gasteiger partial charge in [-0.15, -0.1) is 0 Å². The molecule has 0 aliphatic carbocycles. The Morgan fingerprint density at radius 3 is 2.30 bits per heavy atom. The third kappa shape index (κ3) is 3.48. The summed E-state index contributed by atoms with van der Waals surface area (Å²) in [6.45, 7) is 12.5. The summed E-state index contributed by atoms with van der Waals surface area (Å²) in [5.41, 5.74) is 1.90. The predicted octanol–water partition coefficient (Wildman–Crippen LogP) is 5.33. The van der Waals surface area contributed by atoms with Gasteiger partial charge in [-0.3, -0.25) is 4.79 Å². The normalized spacial score (nSPS) is 12.6. The lowest BCUT2D eigenvalue weighted by Crippen LogP contribution is -2.27. The van der Waals surface area contributed by atoms with Gasteiger partial charge >= 0.3 is 0 Å². The minimum Gasteiger partial charge on any atom is -0.338 e. The molecule has 1 N–H and O–H groups in total. The van der Waals surface area contributed by atoms with Crippen LogP contribution in [0.25, 0.3) is 10.9 Å². The van der Waals surface area contributed by atoms with E-state index < -0.39 is 0 Å². The quantitative estimate of drug-likeness (QED) is 0.646. The second-order valence-electron chi connectivity index (χ2n) is 8.94. The van der Waals surface area contributed by atoms with Gasteiger partial charge in [0.25, 0.3) is 5.91 Å². The van der Waals surface area contributed by atoms with Crippen LogP contribution in [0.3, 0.4) is 0 Å². The van der Waals surface area contributed by atoms with Gasteiger partial charge < -0.3 is 9.88 Å². The molecular weight excluding hydrogens is 360 g/mol. The Morgan fingerprint density at radius 1 is 1.11 bits per heavy atom. The molecule has 3 aromatic rings. The van der Waals surface area contributed by atoms with Gasteiger partial charge in [0.2, 0.25) is 0 Å². The summed E-state index contributed by atoms with van der Waals surface area (Å²) in [6, 6.07) is 9.67. The van der Waals surface area contributed by atoms with Crippen LogP contribution >= 0.6 is 11.6 Å². The maximum absolute atomic E-state index is 13.1. The minimum atomic E-state index is -0.269. The Balaban J connectivity index is 2.06. The number of benzene rings is 1. The number of hydrogen-bond donors (Lipinski definition) is 1. The van der Waals surface area contributed by atoms with Crippen LogP contribution in [0.1, 0.15) is 57.7 Å². The third-order valence-electron chi connectivity index (χ3n) is 4.62. The molecule has 0 aliphatic rings. The second-order valence-corrected chi connectivity index (χ2v) is 9.32. The molecule has 144 valence electrons. The highest BCUT2D eigenvalue weighted by Crippen LogP contribution is 2.32. The monoisotopic (exact) mass is 386 g/mol. The van der Waals surface area contributed by atoms with Crippen molar-refractivity contribution < 1.29 is 4.79 Å². The summed E-state index contributed by atoms with van der Waals surface area (Å²) in [6.07, 6.45) is 0. The fourth-order valence-corrected chi connectivity index (χ4v) is 3.49. The minimum absolute atomic E-state index is 0.118. The Labute approximate surface area is 165 Å². The van der Waals surface area contributed by atoms with E-state index in [1.54, 1.807) is 0 Å². The number of rotatable bonds is 2. The van der Waals surface area contributed by atoms with Crippen molar-refractivity contribution in [2.24, 2.45) is 7.05 Å². The first-order valence-corrected chi connectivity index (χ1v) is 9.44. The largest absolute Gasteiger partial charge is 0.338 e. The summed E-state index contributed by atoms with van der Waals surface area (Å²) in [7, 11) is 1.85. The van der Waals surface area contributed by atoms with Crippen molar-refractivity contribution in [1.82, 2.24) is 14.3 Å². The van der Waals surface area contributed by atoms with E-state index in [2.05, 4.69) is 46.9 Å². The van der Waals surface area contributed by atoms with Crippen molar-refractivity contribution in [3.8, 4) is 0 Å². The molecule has 6 heteroatoms. The molecule has 27 heavy (non-hydrogen) atoms. The molecule has 0 unspecified atom stereocenters. The van der Waals surface area contributed by atoms with E-state index in [1.807, 2.05) is 46.6 Å². The summed E-state index contributed by atoms with van der Waals surface area (Å²) in [5.74, 6) is 0.420. The summed E-state index contributed by atoms with van der Waals surface area (Å²) in [4.78, 5) is 13.1. The van der Waals surface area contributed by atoms with Crippen LogP contribution < -0.4 is 5.32 Å². The van der Waals surface area contributed by atoms with E-state index in [0.29, 0.717) is 16.5 Å². The Kier molecular flexibility index (Phi) is 4.63. The maximum Gasteiger partial charge on any atom is 0.275 e. The molecule has 0 radical (unpaired) electrons. The van der Waals surface area contributed by atoms with Gasteiger partial charge in [0.15, 0.2) is 0 Å². The zero-order chi connectivity index (χ0) is 20.1. The summed E-state index contributed by atoms with van der Waals surface area (Å²) < 4.78 is 3.69. The van der Waals surface area contributed by atoms with E-state index in [4.69, 9.17) is 16.7 Å². The highest BCUT2D eigenvalue weighted by atomic mass is 35.5. The first-order chi connectivity index (χ1) is 12.4. The number of aryl methyl sites for hydroxylation is 1. The molecule has 0 spiro atoms. The first-order valence-electron chi connectivity index (χ1n) is 9.06. The number of hydrogen-bond acceptors (Lipinski definition) is 2. The van der Waals surface area contributed by atoms with Crippen LogP contribution in [-0.2, 0) is 18.0 Å². The average Bonchev–Trinajstić information content (AvgIpc) is 3.08. The molecule has 0 saturated heterocycles. The van der Waals surface area contributed by atoms with Gasteiger partial charge in [-0.25, -0.2) is 4.68 Å². The fourth-order valence-electron chi connectivity index (χ4n) is 3.12. The Morgan fingerprint density at radius 2 is 1.74 bits per heavy atom. The number of aromatic nitrogens is 3. The van der Waals surface area contributed by atoms with Crippen molar-refractivity contribution >= 4 is 34.2 Å². The van der Waals surface area contributed by atoms with Gasteiger partial charge in [-0.05, 0) is 26.8 Å². The zero-order valence-corrected chi connectivity index (χ0v) is 17.8. The van der Waals surface area contributed by atoms with Crippen LogP contribution in [0.5, 0.6) is 0 Å². The van der Waals surface area contributed by atoms with Gasteiger partial charge in [0.05, 0.1) is 16.3 Å². The van der Waals surface area contributed by atoms with E-state index in [1.165, 1.54) is 0 Å². The van der Waals surface area contributed by atoms with Gasteiger partial charge in [-0.2, -0.15) is 5.10 Å². The average molecular weight is 387 g/mol. The van der Waals surface area contributed by atoms with Crippen molar-refractivity contribution in [1.29, 1.82) is 0 Å². The fraction of sp³-hybridized carbons (Fsp3) is 0.429. The molecule has 0 atom stereocenters. The molecule has 5 nitrogen and oxygen atoms in total. The van der Waals surface area contributed by atoms with Crippen molar-refractivity contribution in [2.75, 3.05) is 5.32 Å². The molecule has 3 rings (SSSR count). The highest BCUT2D eigenvalue weighted by Gasteiger charge is 2.27. The van der Waals surface area contributed by atoms with E-state index >= 15 is 0 Å². The molecule has 0 fully saturated rings. The van der Waals surface area contributed by atoms with Crippen LogP contribution in [0, 0.1) is 0 Å². The van der Waals surface area contributed by atoms with Crippen molar-refractivity contribution in [2.45, 2.75) is 52.5 Å². The maximum atomic E-state index is 13.1. The lowest BCUT2D eigenvalue weighted by molar-refractivity contribution is 0.101. The lowest BCUT2D eigenvalue weighted by atomic mass is 9.92. The molecule has 1 amide bonds. The third-order valence-corrected chi connectivity index (χ3v) is 5.00. The SMILES string of the molecule is Cn1c(C(=O)Nc2cc(C(C)(C)C)nn2C(C)(C)C)c(Cl)c2ccccc21. The van der Waals surface area contributed by atoms with Crippen LogP contribution in [0.15, 0.2) is 30.3 Å². The standard InChI is InChI=1S/C21H27ClN4O/c1-20(2,3)15-12-16(26(24-15)21(4,5)6)23-19(27)18-17(22)13-10-8-9-11-14(13)25(18)7/h8-12H,1-7H3,(H,23,27). The summed E-state index contributed by atoms with van der Waals surface area (Å²) in [5, 5.41) is 9.10. The molecule has 2 heterocycles. The Hall–Kier alpha value is -2.27. The molecule has 0 saturated carbocycles. The van der Waals surface area contributed by atoms with Crippen molar-refractivity contribution in [3.05, 3.63) is 46.7 Å². The molecule has 0 bridgehead atoms. The van der Waals surface area contributed by atoms with E-state index in [-0.39, 0.29) is 16.9 Å². The molecule has 2 aromatic heterocycles.